The third-order valence-electron chi connectivity index (χ3n) is 4.86. The van der Waals surface area contributed by atoms with Gasteiger partial charge >= 0.3 is 0 Å². The third kappa shape index (κ3) is 2.46. The topological polar surface area (TPSA) is 50.2 Å². The second-order valence-corrected chi connectivity index (χ2v) is 6.17. The van der Waals surface area contributed by atoms with Crippen molar-refractivity contribution < 1.29 is 4.79 Å². The van der Waals surface area contributed by atoms with Crippen LogP contribution in [0.3, 0.4) is 0 Å². The summed E-state index contributed by atoms with van der Waals surface area (Å²) >= 11 is 0. The van der Waals surface area contributed by atoms with E-state index in [4.69, 9.17) is 0 Å². The van der Waals surface area contributed by atoms with E-state index in [0.717, 1.165) is 26.2 Å². The summed E-state index contributed by atoms with van der Waals surface area (Å²) in [4.78, 5) is 14.8. The number of aryl methyl sites for hydroxylation is 1. The predicted octanol–water partition coefficient (Wildman–Crippen LogP) is 0.982. The number of amides is 1. The van der Waals surface area contributed by atoms with Crippen molar-refractivity contribution in [2.75, 3.05) is 26.2 Å². The van der Waals surface area contributed by atoms with Crippen LogP contribution in [0, 0.1) is 11.8 Å². The first-order valence-corrected chi connectivity index (χ1v) is 7.67. The Kier molecular flexibility index (Phi) is 3.78. The molecule has 0 bridgehead atoms. The SMILES string of the molecule is CCC1CCN(C(=O)[C@H]2CNC[C@@H]2c2cnn(C)c2)C1. The van der Waals surface area contributed by atoms with Crippen LogP contribution in [0.1, 0.15) is 31.2 Å². The van der Waals surface area contributed by atoms with E-state index in [9.17, 15) is 4.79 Å². The predicted molar refractivity (Wildman–Crippen MR) is 77.3 cm³/mol. The minimum Gasteiger partial charge on any atom is -0.342 e. The lowest BCUT2D eigenvalue weighted by Gasteiger charge is -2.23. The normalized spacial score (nSPS) is 30.1. The molecular weight excluding hydrogens is 252 g/mol. The van der Waals surface area contributed by atoms with Crippen molar-refractivity contribution in [2.45, 2.75) is 25.7 Å². The molecular formula is C15H24N4O. The number of rotatable bonds is 3. The van der Waals surface area contributed by atoms with Gasteiger partial charge in [-0.3, -0.25) is 9.48 Å². The Labute approximate surface area is 120 Å². The Hall–Kier alpha value is -1.36. The highest BCUT2D eigenvalue weighted by Gasteiger charge is 2.38. The van der Waals surface area contributed by atoms with Gasteiger partial charge in [0.15, 0.2) is 0 Å². The third-order valence-corrected chi connectivity index (χ3v) is 4.86. The molecule has 2 saturated heterocycles. The Balaban J connectivity index is 1.71. The Morgan fingerprint density at radius 1 is 1.50 bits per heavy atom. The lowest BCUT2D eigenvalue weighted by atomic mass is 9.90. The van der Waals surface area contributed by atoms with Gasteiger partial charge in [0.25, 0.3) is 0 Å². The molecule has 110 valence electrons. The Morgan fingerprint density at radius 3 is 3.00 bits per heavy atom. The van der Waals surface area contributed by atoms with Crippen molar-refractivity contribution in [1.29, 1.82) is 0 Å². The molecule has 3 heterocycles. The molecule has 0 saturated carbocycles. The van der Waals surface area contributed by atoms with E-state index in [2.05, 4.69) is 22.2 Å². The van der Waals surface area contributed by atoms with Crippen LogP contribution in [0.4, 0.5) is 0 Å². The van der Waals surface area contributed by atoms with Crippen molar-refractivity contribution in [3.63, 3.8) is 0 Å². The van der Waals surface area contributed by atoms with Gasteiger partial charge in [-0.25, -0.2) is 0 Å². The molecule has 0 spiro atoms. The van der Waals surface area contributed by atoms with Crippen LogP contribution < -0.4 is 5.32 Å². The molecule has 0 radical (unpaired) electrons. The van der Waals surface area contributed by atoms with E-state index in [-0.39, 0.29) is 11.8 Å². The fourth-order valence-corrected chi connectivity index (χ4v) is 3.52. The van der Waals surface area contributed by atoms with Crippen LogP contribution in [0.5, 0.6) is 0 Å². The van der Waals surface area contributed by atoms with E-state index in [1.54, 1.807) is 0 Å². The van der Waals surface area contributed by atoms with E-state index in [0.29, 0.717) is 11.8 Å². The standard InChI is InChI=1S/C15H24N4O/c1-3-11-4-5-19(9-11)15(20)14-8-16-7-13(14)12-6-17-18(2)10-12/h6,10-11,13-14,16H,3-5,7-9H2,1-2H3/t11?,13-,14+/m1/s1. The van der Waals surface area contributed by atoms with Gasteiger partial charge in [-0.15, -0.1) is 0 Å². The summed E-state index contributed by atoms with van der Waals surface area (Å²) in [6.45, 7) is 5.78. The number of hydrogen-bond donors (Lipinski definition) is 1. The molecule has 5 heteroatoms. The zero-order valence-electron chi connectivity index (χ0n) is 12.4. The molecule has 0 aliphatic carbocycles. The Morgan fingerprint density at radius 2 is 2.35 bits per heavy atom. The average molecular weight is 276 g/mol. The smallest absolute Gasteiger partial charge is 0.227 e. The quantitative estimate of drug-likeness (QED) is 0.895. The van der Waals surface area contributed by atoms with Gasteiger partial charge in [0.1, 0.15) is 0 Å². The van der Waals surface area contributed by atoms with E-state index in [1.807, 2.05) is 24.1 Å². The highest BCUT2D eigenvalue weighted by molar-refractivity contribution is 5.81. The number of hydrogen-bond acceptors (Lipinski definition) is 3. The molecule has 3 rings (SSSR count). The van der Waals surface area contributed by atoms with Crippen LogP contribution in [-0.4, -0.2) is 46.8 Å². The number of likely N-dealkylation sites (tertiary alicyclic amines) is 1. The monoisotopic (exact) mass is 276 g/mol. The van der Waals surface area contributed by atoms with Gasteiger partial charge < -0.3 is 10.2 Å². The fourth-order valence-electron chi connectivity index (χ4n) is 3.52. The fraction of sp³-hybridized carbons (Fsp3) is 0.733. The Bertz CT molecular complexity index is 484. The molecule has 20 heavy (non-hydrogen) atoms. The molecule has 1 amide bonds. The van der Waals surface area contributed by atoms with Crippen LogP contribution in [0.2, 0.25) is 0 Å². The number of nitrogens with zero attached hydrogens (tertiary/aromatic N) is 3. The highest BCUT2D eigenvalue weighted by atomic mass is 16.2. The molecule has 1 aromatic rings. The van der Waals surface area contributed by atoms with Crippen LogP contribution in [0.25, 0.3) is 0 Å². The van der Waals surface area contributed by atoms with Gasteiger partial charge in [0.2, 0.25) is 5.91 Å². The van der Waals surface area contributed by atoms with Gasteiger partial charge in [-0.05, 0) is 17.9 Å². The number of carbonyl (C=O) groups is 1. The van der Waals surface area contributed by atoms with E-state index >= 15 is 0 Å². The summed E-state index contributed by atoms with van der Waals surface area (Å²) in [6.07, 6.45) is 6.28. The van der Waals surface area contributed by atoms with Crippen LogP contribution in [-0.2, 0) is 11.8 Å². The number of nitrogens with one attached hydrogen (secondary N) is 1. The summed E-state index contributed by atoms with van der Waals surface area (Å²) in [5, 5.41) is 7.62. The first-order chi connectivity index (χ1) is 9.69. The van der Waals surface area contributed by atoms with E-state index < -0.39 is 0 Å². The second kappa shape index (κ2) is 5.56. The summed E-state index contributed by atoms with van der Waals surface area (Å²) in [5.74, 6) is 1.39. The molecule has 5 nitrogen and oxygen atoms in total. The number of aromatic nitrogens is 2. The van der Waals surface area contributed by atoms with Gasteiger partial charge in [0, 0.05) is 45.3 Å². The minimum absolute atomic E-state index is 0.0785. The molecule has 1 aromatic heterocycles. The maximum absolute atomic E-state index is 12.8. The first kappa shape index (κ1) is 13.6. The van der Waals surface area contributed by atoms with Crippen molar-refractivity contribution in [3.05, 3.63) is 18.0 Å². The van der Waals surface area contributed by atoms with Crippen LogP contribution in [0.15, 0.2) is 12.4 Å². The van der Waals surface area contributed by atoms with Crippen molar-refractivity contribution in [1.82, 2.24) is 20.0 Å². The van der Waals surface area contributed by atoms with Gasteiger partial charge in [-0.2, -0.15) is 5.10 Å². The minimum atomic E-state index is 0.0785. The summed E-state index contributed by atoms with van der Waals surface area (Å²) in [7, 11) is 1.93. The van der Waals surface area contributed by atoms with Crippen molar-refractivity contribution in [2.24, 2.45) is 18.9 Å². The molecule has 3 atom stereocenters. The highest BCUT2D eigenvalue weighted by Crippen LogP contribution is 2.31. The number of carbonyl (C=O) groups excluding carboxylic acids is 1. The molecule has 2 fully saturated rings. The summed E-state index contributed by atoms with van der Waals surface area (Å²) in [5.41, 5.74) is 1.18. The second-order valence-electron chi connectivity index (χ2n) is 6.17. The summed E-state index contributed by atoms with van der Waals surface area (Å²) in [6, 6.07) is 0. The zero-order valence-corrected chi connectivity index (χ0v) is 12.4. The van der Waals surface area contributed by atoms with Crippen molar-refractivity contribution >= 4 is 5.91 Å². The molecule has 2 aliphatic heterocycles. The zero-order chi connectivity index (χ0) is 14.1. The molecule has 2 aliphatic rings. The van der Waals surface area contributed by atoms with Crippen LogP contribution >= 0.6 is 0 Å². The lowest BCUT2D eigenvalue weighted by molar-refractivity contribution is -0.134. The maximum atomic E-state index is 12.8. The van der Waals surface area contributed by atoms with Gasteiger partial charge in [0.05, 0.1) is 12.1 Å². The summed E-state index contributed by atoms with van der Waals surface area (Å²) < 4.78 is 1.82. The van der Waals surface area contributed by atoms with Crippen molar-refractivity contribution in [3.8, 4) is 0 Å². The van der Waals surface area contributed by atoms with E-state index in [1.165, 1.54) is 18.4 Å². The molecule has 1 N–H and O–H groups in total. The van der Waals surface area contributed by atoms with Gasteiger partial charge in [-0.1, -0.05) is 13.3 Å². The first-order valence-electron chi connectivity index (χ1n) is 7.67. The molecule has 0 aromatic carbocycles. The lowest BCUT2D eigenvalue weighted by Crippen LogP contribution is -2.37. The average Bonchev–Trinajstić information content (AvgIpc) is 3.17. The largest absolute Gasteiger partial charge is 0.342 e. The molecule has 1 unspecified atom stereocenters. The maximum Gasteiger partial charge on any atom is 0.227 e.